The van der Waals surface area contributed by atoms with Gasteiger partial charge in [0.05, 0.1) is 11.1 Å². The summed E-state index contributed by atoms with van der Waals surface area (Å²) < 4.78 is 0. The van der Waals surface area contributed by atoms with E-state index in [1.54, 1.807) is 17.4 Å². The monoisotopic (exact) mass is 492 g/mol. The molecule has 2 unspecified atom stereocenters. The lowest BCUT2D eigenvalue weighted by Crippen LogP contribution is -2.37. The maximum absolute atomic E-state index is 6.60. The quantitative estimate of drug-likeness (QED) is 0.376. The highest BCUT2D eigenvalue weighted by Gasteiger charge is 2.40. The van der Waals surface area contributed by atoms with Crippen LogP contribution in [0.25, 0.3) is 0 Å². The predicted molar refractivity (Wildman–Crippen MR) is 132 cm³/mol. The molecule has 0 bridgehead atoms. The van der Waals surface area contributed by atoms with Gasteiger partial charge in [-0.05, 0) is 48.9 Å². The Labute approximate surface area is 201 Å². The molecule has 31 heavy (non-hydrogen) atoms. The molecule has 8 heteroatoms. The van der Waals surface area contributed by atoms with Crippen molar-refractivity contribution >= 4 is 57.7 Å². The Balaban J connectivity index is 1.85. The highest BCUT2D eigenvalue weighted by Crippen LogP contribution is 2.41. The average molecular weight is 494 g/mol. The third-order valence-electron chi connectivity index (χ3n) is 5.22. The van der Waals surface area contributed by atoms with Crippen molar-refractivity contribution < 1.29 is 0 Å². The molecule has 0 saturated carbocycles. The molecule has 4 rings (SSSR count). The van der Waals surface area contributed by atoms with E-state index in [2.05, 4.69) is 42.8 Å². The van der Waals surface area contributed by atoms with Crippen molar-refractivity contribution in [2.24, 2.45) is 4.99 Å². The Morgan fingerprint density at radius 1 is 0.968 bits per heavy atom. The molecule has 3 aromatic rings. The molecule has 0 amide bonds. The second kappa shape index (κ2) is 8.70. The van der Waals surface area contributed by atoms with Gasteiger partial charge in [-0.15, -0.1) is 10.2 Å². The maximum Gasteiger partial charge on any atom is 0.144 e. The number of halogens is 3. The normalized spacial score (nSPS) is 19.1. The van der Waals surface area contributed by atoms with Crippen LogP contribution in [0, 0.1) is 0 Å². The highest BCUT2D eigenvalue weighted by molar-refractivity contribution is 7.11. The summed E-state index contributed by atoms with van der Waals surface area (Å²) in [6, 6.07) is 13.2. The van der Waals surface area contributed by atoms with Crippen LogP contribution in [0.4, 0.5) is 5.69 Å². The minimum atomic E-state index is -0.143. The lowest BCUT2D eigenvalue weighted by Gasteiger charge is -2.29. The van der Waals surface area contributed by atoms with Crippen LogP contribution in [-0.2, 0) is 5.41 Å². The van der Waals surface area contributed by atoms with Gasteiger partial charge in [-0.2, -0.15) is 0 Å². The third-order valence-corrected chi connectivity index (χ3v) is 7.44. The Kier molecular flexibility index (Phi) is 6.32. The summed E-state index contributed by atoms with van der Waals surface area (Å²) in [5.41, 5.74) is 1.78. The molecule has 0 saturated heterocycles. The first-order valence-electron chi connectivity index (χ1n) is 10.1. The van der Waals surface area contributed by atoms with E-state index in [4.69, 9.17) is 39.8 Å². The molecule has 162 valence electrons. The number of aromatic nitrogens is 2. The predicted octanol–water partition coefficient (Wildman–Crippen LogP) is 7.58. The van der Waals surface area contributed by atoms with E-state index in [1.807, 2.05) is 36.4 Å². The first-order chi connectivity index (χ1) is 14.7. The van der Waals surface area contributed by atoms with Crippen LogP contribution in [0.5, 0.6) is 0 Å². The fourth-order valence-corrected chi connectivity index (χ4v) is 5.26. The summed E-state index contributed by atoms with van der Waals surface area (Å²) in [6.45, 7) is 8.59. The lowest BCUT2D eigenvalue weighted by atomic mass is 9.98. The van der Waals surface area contributed by atoms with Crippen LogP contribution in [0.1, 0.15) is 55.7 Å². The van der Waals surface area contributed by atoms with Crippen molar-refractivity contribution in [1.29, 1.82) is 0 Å². The number of benzene rings is 2. The number of amidine groups is 1. The van der Waals surface area contributed by atoms with Crippen LogP contribution in [0.3, 0.4) is 0 Å². The lowest BCUT2D eigenvalue weighted by molar-refractivity contribution is 0.554. The summed E-state index contributed by atoms with van der Waals surface area (Å²) in [6.07, 6.45) is 0.871. The summed E-state index contributed by atoms with van der Waals surface area (Å²) in [5.74, 6) is 0.799. The average Bonchev–Trinajstić information content (AvgIpc) is 3.33. The fourth-order valence-electron chi connectivity index (χ4n) is 3.65. The topological polar surface area (TPSA) is 41.4 Å². The van der Waals surface area contributed by atoms with Gasteiger partial charge in [0.2, 0.25) is 0 Å². The second-order valence-corrected chi connectivity index (χ2v) is 10.8. The zero-order valence-corrected chi connectivity index (χ0v) is 20.8. The highest BCUT2D eigenvalue weighted by atomic mass is 35.5. The molecular formula is C23H23Cl3N4S. The van der Waals surface area contributed by atoms with Crippen molar-refractivity contribution in [3.05, 3.63) is 73.1 Å². The number of nitrogens with zero attached hydrogens (tertiary/aromatic N) is 4. The van der Waals surface area contributed by atoms with Crippen molar-refractivity contribution in [3.8, 4) is 0 Å². The van der Waals surface area contributed by atoms with E-state index < -0.39 is 0 Å². The molecule has 0 N–H and O–H groups in total. The van der Waals surface area contributed by atoms with Crippen LogP contribution >= 0.6 is 46.1 Å². The number of hydrogen-bond acceptors (Lipinski definition) is 5. The van der Waals surface area contributed by atoms with Crippen LogP contribution < -0.4 is 4.90 Å². The second-order valence-electron chi connectivity index (χ2n) is 8.54. The molecule has 0 radical (unpaired) electrons. The molecule has 1 aliphatic rings. The third kappa shape index (κ3) is 4.47. The van der Waals surface area contributed by atoms with E-state index in [1.165, 1.54) is 0 Å². The number of hydrogen-bond donors (Lipinski definition) is 0. The van der Waals surface area contributed by atoms with Gasteiger partial charge >= 0.3 is 0 Å². The smallest absolute Gasteiger partial charge is 0.144 e. The van der Waals surface area contributed by atoms with Gasteiger partial charge in [0.15, 0.2) is 0 Å². The molecule has 2 atom stereocenters. The minimum absolute atomic E-state index is 0.0574. The number of anilines is 1. The van der Waals surface area contributed by atoms with E-state index in [-0.39, 0.29) is 17.5 Å². The summed E-state index contributed by atoms with van der Waals surface area (Å²) >= 11 is 20.5. The van der Waals surface area contributed by atoms with Gasteiger partial charge in [-0.3, -0.25) is 4.99 Å². The molecule has 1 aromatic heterocycles. The molecule has 2 heterocycles. The number of rotatable bonds is 4. The van der Waals surface area contributed by atoms with Gasteiger partial charge in [0.1, 0.15) is 21.9 Å². The van der Waals surface area contributed by atoms with E-state index >= 15 is 0 Å². The van der Waals surface area contributed by atoms with Gasteiger partial charge < -0.3 is 4.90 Å². The van der Waals surface area contributed by atoms with Crippen molar-refractivity contribution in [2.75, 3.05) is 4.90 Å². The van der Waals surface area contributed by atoms with E-state index in [0.717, 1.165) is 33.5 Å². The van der Waals surface area contributed by atoms with Crippen molar-refractivity contribution in [3.63, 3.8) is 0 Å². The standard InChI is InChI=1S/C23H23Cl3N4S/c1-5-18-19(21-28-29-22(31-21)23(2,3)4)27-20(16-11-8-14(25)12-17(16)26)30(18)15-9-6-13(24)7-10-15/h6-12,18-19H,5H2,1-4H3. The first-order valence-corrected chi connectivity index (χ1v) is 12.1. The Bertz CT molecular complexity index is 1120. The Hall–Kier alpha value is -1.66. The first kappa shape index (κ1) is 22.5. The van der Waals surface area contributed by atoms with Crippen LogP contribution in [0.2, 0.25) is 15.1 Å². The Morgan fingerprint density at radius 2 is 1.65 bits per heavy atom. The summed E-state index contributed by atoms with van der Waals surface area (Å²) in [5, 5.41) is 12.7. The van der Waals surface area contributed by atoms with Gasteiger partial charge in [-0.1, -0.05) is 73.8 Å². The largest absolute Gasteiger partial charge is 0.320 e. The molecule has 0 fully saturated rings. The number of aliphatic imine (C=N–C) groups is 1. The fraction of sp³-hybridized carbons (Fsp3) is 0.348. The molecular weight excluding hydrogens is 471 g/mol. The summed E-state index contributed by atoms with van der Waals surface area (Å²) in [7, 11) is 0. The van der Waals surface area contributed by atoms with Gasteiger partial charge in [0, 0.05) is 26.7 Å². The van der Waals surface area contributed by atoms with Gasteiger partial charge in [0.25, 0.3) is 0 Å². The van der Waals surface area contributed by atoms with Crippen molar-refractivity contribution in [1.82, 2.24) is 10.2 Å². The minimum Gasteiger partial charge on any atom is -0.320 e. The van der Waals surface area contributed by atoms with E-state index in [9.17, 15) is 0 Å². The molecule has 0 spiro atoms. The molecule has 0 aliphatic carbocycles. The van der Waals surface area contributed by atoms with Crippen LogP contribution in [-0.4, -0.2) is 22.1 Å². The molecule has 2 aromatic carbocycles. The summed E-state index contributed by atoms with van der Waals surface area (Å²) in [4.78, 5) is 7.37. The zero-order valence-electron chi connectivity index (χ0n) is 17.7. The Morgan fingerprint density at radius 3 is 2.23 bits per heavy atom. The zero-order chi connectivity index (χ0) is 22.3. The van der Waals surface area contributed by atoms with Crippen molar-refractivity contribution in [2.45, 2.75) is 51.6 Å². The van der Waals surface area contributed by atoms with Crippen LogP contribution in [0.15, 0.2) is 47.5 Å². The molecule has 1 aliphatic heterocycles. The SMILES string of the molecule is CCC1C(c2nnc(C(C)(C)C)s2)N=C(c2ccc(Cl)cc2Cl)N1c1ccc(Cl)cc1. The van der Waals surface area contributed by atoms with Gasteiger partial charge in [-0.25, -0.2) is 0 Å². The van der Waals surface area contributed by atoms with E-state index in [0.29, 0.717) is 15.1 Å². The molecule has 4 nitrogen and oxygen atoms in total. The maximum atomic E-state index is 6.60.